The van der Waals surface area contributed by atoms with Gasteiger partial charge in [-0.2, -0.15) is 0 Å². The molecule has 0 radical (unpaired) electrons. The first-order valence-electron chi connectivity index (χ1n) is 5.09. The number of nitrogens with zero attached hydrogens (tertiary/aromatic N) is 2. The highest BCUT2D eigenvalue weighted by Crippen LogP contribution is 2.26. The summed E-state index contributed by atoms with van der Waals surface area (Å²) < 4.78 is 6.46. The lowest BCUT2D eigenvalue weighted by molar-refractivity contribution is 0.458. The van der Waals surface area contributed by atoms with Crippen LogP contribution < -0.4 is 10.5 Å². The van der Waals surface area contributed by atoms with Gasteiger partial charge in [0, 0.05) is 16.2 Å². The number of hydrogen-bond acceptors (Lipinski definition) is 4. The van der Waals surface area contributed by atoms with Crippen LogP contribution in [0.25, 0.3) is 0 Å². The maximum Gasteiger partial charge on any atom is 0.238 e. The zero-order valence-corrected chi connectivity index (χ0v) is 11.2. The highest BCUT2D eigenvalue weighted by molar-refractivity contribution is 9.10. The summed E-state index contributed by atoms with van der Waals surface area (Å²) in [5, 5.41) is 0. The summed E-state index contributed by atoms with van der Waals surface area (Å²) in [4.78, 5) is 8.48. The van der Waals surface area contributed by atoms with Crippen LogP contribution in [0.1, 0.15) is 11.4 Å². The number of ether oxygens (including phenoxy) is 1. The molecule has 5 heteroatoms. The largest absolute Gasteiger partial charge is 0.437 e. The normalized spacial score (nSPS) is 10.3. The summed E-state index contributed by atoms with van der Waals surface area (Å²) in [6, 6.07) is 5.37. The molecule has 2 rings (SSSR count). The third-order valence-electron chi connectivity index (χ3n) is 2.29. The van der Waals surface area contributed by atoms with Gasteiger partial charge in [0.1, 0.15) is 5.75 Å². The Morgan fingerprint density at radius 1 is 1.18 bits per heavy atom. The van der Waals surface area contributed by atoms with E-state index in [0.29, 0.717) is 17.3 Å². The first-order chi connectivity index (χ1) is 8.04. The van der Waals surface area contributed by atoms with Crippen molar-refractivity contribution in [2.24, 2.45) is 0 Å². The van der Waals surface area contributed by atoms with Gasteiger partial charge in [-0.05, 0) is 26.0 Å². The Morgan fingerprint density at radius 2 is 1.94 bits per heavy atom. The fraction of sp³-hybridized carbons (Fsp3) is 0.167. The lowest BCUT2D eigenvalue weighted by Crippen LogP contribution is -1.95. The van der Waals surface area contributed by atoms with Gasteiger partial charge >= 0.3 is 0 Å². The topological polar surface area (TPSA) is 61.0 Å². The Hall–Kier alpha value is -1.62. The predicted octanol–water partition coefficient (Wildman–Crippen LogP) is 3.23. The van der Waals surface area contributed by atoms with E-state index < -0.39 is 0 Å². The quantitative estimate of drug-likeness (QED) is 0.864. The van der Waals surface area contributed by atoms with E-state index in [0.717, 1.165) is 15.9 Å². The van der Waals surface area contributed by atoms with Gasteiger partial charge in [0.15, 0.2) is 0 Å². The van der Waals surface area contributed by atoms with Gasteiger partial charge in [-0.3, -0.25) is 4.98 Å². The molecule has 0 aliphatic rings. The van der Waals surface area contributed by atoms with Crippen LogP contribution in [0.4, 0.5) is 5.69 Å². The zero-order chi connectivity index (χ0) is 12.4. The molecule has 1 aromatic heterocycles. The van der Waals surface area contributed by atoms with Crippen molar-refractivity contribution in [3.63, 3.8) is 0 Å². The van der Waals surface area contributed by atoms with E-state index in [9.17, 15) is 0 Å². The van der Waals surface area contributed by atoms with E-state index in [1.54, 1.807) is 18.3 Å². The van der Waals surface area contributed by atoms with Crippen molar-refractivity contribution in [1.82, 2.24) is 9.97 Å². The van der Waals surface area contributed by atoms with Crippen molar-refractivity contribution in [3.05, 3.63) is 40.3 Å². The molecule has 1 aromatic carbocycles. The van der Waals surface area contributed by atoms with Gasteiger partial charge in [0.2, 0.25) is 5.88 Å². The molecule has 0 saturated heterocycles. The second-order valence-corrected chi connectivity index (χ2v) is 4.62. The van der Waals surface area contributed by atoms with Crippen molar-refractivity contribution < 1.29 is 4.74 Å². The summed E-state index contributed by atoms with van der Waals surface area (Å²) in [6.07, 6.45) is 1.60. The molecule has 0 bridgehead atoms. The second kappa shape index (κ2) is 4.71. The first kappa shape index (κ1) is 11.9. The predicted molar refractivity (Wildman–Crippen MR) is 70.1 cm³/mol. The highest BCUT2D eigenvalue weighted by atomic mass is 79.9. The van der Waals surface area contributed by atoms with Crippen molar-refractivity contribution >= 4 is 21.6 Å². The molecular weight excluding hydrogens is 282 g/mol. The lowest BCUT2D eigenvalue weighted by atomic mass is 10.3. The van der Waals surface area contributed by atoms with Gasteiger partial charge < -0.3 is 10.5 Å². The van der Waals surface area contributed by atoms with Crippen LogP contribution in [0, 0.1) is 13.8 Å². The molecule has 0 amide bonds. The number of aromatic nitrogens is 2. The Morgan fingerprint density at radius 3 is 2.59 bits per heavy atom. The van der Waals surface area contributed by atoms with Gasteiger partial charge in [-0.1, -0.05) is 15.9 Å². The number of halogens is 1. The Bertz CT molecular complexity index is 537. The van der Waals surface area contributed by atoms with Crippen LogP contribution in [0.3, 0.4) is 0 Å². The van der Waals surface area contributed by atoms with Crippen LogP contribution in [0.5, 0.6) is 11.6 Å². The molecule has 1 heterocycles. The standard InChI is InChI=1S/C12H12BrN3O/c1-7-8(2)16-12(6-15-7)17-11-4-9(13)3-10(14)5-11/h3-6H,14H2,1-2H3. The molecule has 4 nitrogen and oxygen atoms in total. The molecule has 0 fully saturated rings. The third-order valence-corrected chi connectivity index (χ3v) is 2.74. The van der Waals surface area contributed by atoms with Crippen molar-refractivity contribution in [2.45, 2.75) is 13.8 Å². The van der Waals surface area contributed by atoms with Crippen LogP contribution >= 0.6 is 15.9 Å². The average Bonchev–Trinajstić information content (AvgIpc) is 2.22. The van der Waals surface area contributed by atoms with Crippen LogP contribution in [0.15, 0.2) is 28.9 Å². The average molecular weight is 294 g/mol. The molecule has 0 aliphatic heterocycles. The Balaban J connectivity index is 2.28. The van der Waals surface area contributed by atoms with Crippen molar-refractivity contribution in [1.29, 1.82) is 0 Å². The summed E-state index contributed by atoms with van der Waals surface area (Å²) in [7, 11) is 0. The maximum absolute atomic E-state index is 5.72. The summed E-state index contributed by atoms with van der Waals surface area (Å²) in [5.74, 6) is 1.10. The minimum absolute atomic E-state index is 0.464. The summed E-state index contributed by atoms with van der Waals surface area (Å²) >= 11 is 3.36. The fourth-order valence-corrected chi connectivity index (χ4v) is 1.82. The van der Waals surface area contributed by atoms with Crippen LogP contribution in [0.2, 0.25) is 0 Å². The van der Waals surface area contributed by atoms with Crippen LogP contribution in [-0.2, 0) is 0 Å². The maximum atomic E-state index is 5.72. The first-order valence-corrected chi connectivity index (χ1v) is 5.88. The van der Waals surface area contributed by atoms with Gasteiger partial charge in [0.05, 0.1) is 17.6 Å². The number of anilines is 1. The zero-order valence-electron chi connectivity index (χ0n) is 9.57. The van der Waals surface area contributed by atoms with Crippen LogP contribution in [-0.4, -0.2) is 9.97 Å². The van der Waals surface area contributed by atoms with E-state index in [1.165, 1.54) is 0 Å². The van der Waals surface area contributed by atoms with E-state index in [4.69, 9.17) is 10.5 Å². The summed E-state index contributed by atoms with van der Waals surface area (Å²) in [5.41, 5.74) is 8.10. The van der Waals surface area contributed by atoms with Crippen molar-refractivity contribution in [2.75, 3.05) is 5.73 Å². The minimum atomic E-state index is 0.464. The molecule has 88 valence electrons. The second-order valence-electron chi connectivity index (χ2n) is 3.70. The van der Waals surface area contributed by atoms with E-state index in [1.807, 2.05) is 19.9 Å². The Kier molecular flexibility index (Phi) is 3.28. The van der Waals surface area contributed by atoms with Crippen molar-refractivity contribution in [3.8, 4) is 11.6 Å². The monoisotopic (exact) mass is 293 g/mol. The van der Waals surface area contributed by atoms with E-state index >= 15 is 0 Å². The molecule has 0 unspecified atom stereocenters. The number of nitrogens with two attached hydrogens (primary N) is 1. The molecule has 0 saturated carbocycles. The molecule has 2 aromatic rings. The number of nitrogen functional groups attached to an aromatic ring is 1. The molecule has 0 atom stereocenters. The SMILES string of the molecule is Cc1ncc(Oc2cc(N)cc(Br)c2)nc1C. The summed E-state index contributed by atoms with van der Waals surface area (Å²) in [6.45, 7) is 3.80. The van der Waals surface area contributed by atoms with E-state index in [2.05, 4.69) is 25.9 Å². The molecular formula is C12H12BrN3O. The minimum Gasteiger partial charge on any atom is -0.437 e. The van der Waals surface area contributed by atoms with E-state index in [-0.39, 0.29) is 0 Å². The number of benzene rings is 1. The Labute approximate surface area is 108 Å². The van der Waals surface area contributed by atoms with Gasteiger partial charge in [-0.25, -0.2) is 4.98 Å². The lowest BCUT2D eigenvalue weighted by Gasteiger charge is -2.07. The number of rotatable bonds is 2. The molecule has 2 N–H and O–H groups in total. The third kappa shape index (κ3) is 2.94. The highest BCUT2D eigenvalue weighted by Gasteiger charge is 2.03. The van der Waals surface area contributed by atoms with Gasteiger partial charge in [0.25, 0.3) is 0 Å². The number of aryl methyl sites for hydroxylation is 2. The molecule has 0 aliphatic carbocycles. The smallest absolute Gasteiger partial charge is 0.238 e. The van der Waals surface area contributed by atoms with Gasteiger partial charge in [-0.15, -0.1) is 0 Å². The fourth-order valence-electron chi connectivity index (χ4n) is 1.33. The molecule has 17 heavy (non-hydrogen) atoms. The number of hydrogen-bond donors (Lipinski definition) is 1. The molecule has 0 spiro atoms.